The molecule has 0 aromatic heterocycles. The summed E-state index contributed by atoms with van der Waals surface area (Å²) in [5.74, 6) is 0.914. The highest BCUT2D eigenvalue weighted by Crippen LogP contribution is 2.28. The fraction of sp³-hybridized carbons (Fsp3) is 1.00. The number of ether oxygens (including phenoxy) is 1. The van der Waals surface area contributed by atoms with E-state index in [-0.39, 0.29) is 0 Å². The molecule has 100 valence electrons. The molecule has 0 radical (unpaired) electrons. The van der Waals surface area contributed by atoms with Crippen LogP contribution >= 0.6 is 0 Å². The topological polar surface area (TPSA) is 21.3 Å². The molecule has 0 amide bonds. The third-order valence-electron chi connectivity index (χ3n) is 4.55. The Morgan fingerprint density at radius 2 is 1.59 bits per heavy atom. The average molecular weight is 239 g/mol. The van der Waals surface area contributed by atoms with Crippen molar-refractivity contribution in [3.8, 4) is 0 Å². The molecule has 2 aliphatic rings. The molecule has 3 unspecified atom stereocenters. The lowest BCUT2D eigenvalue weighted by Gasteiger charge is -2.37. The van der Waals surface area contributed by atoms with Crippen LogP contribution in [0.3, 0.4) is 0 Å². The Bertz CT molecular complexity index is 215. The molecule has 1 N–H and O–H groups in total. The van der Waals surface area contributed by atoms with Crippen molar-refractivity contribution < 1.29 is 4.74 Å². The van der Waals surface area contributed by atoms with Crippen LogP contribution in [-0.4, -0.2) is 24.3 Å². The molecule has 1 saturated heterocycles. The third-order valence-corrected chi connectivity index (χ3v) is 4.55. The second-order valence-corrected chi connectivity index (χ2v) is 6.28. The van der Waals surface area contributed by atoms with Gasteiger partial charge in [0.2, 0.25) is 0 Å². The third kappa shape index (κ3) is 3.96. The lowest BCUT2D eigenvalue weighted by molar-refractivity contribution is -0.0444. The van der Waals surface area contributed by atoms with E-state index in [1.807, 2.05) is 0 Å². The summed E-state index contributed by atoms with van der Waals surface area (Å²) in [5.41, 5.74) is 0. The molecule has 17 heavy (non-hydrogen) atoms. The highest BCUT2D eigenvalue weighted by atomic mass is 16.5. The van der Waals surface area contributed by atoms with Gasteiger partial charge >= 0.3 is 0 Å². The van der Waals surface area contributed by atoms with Crippen molar-refractivity contribution in [2.24, 2.45) is 5.92 Å². The van der Waals surface area contributed by atoms with Gasteiger partial charge in [0.05, 0.1) is 12.2 Å². The van der Waals surface area contributed by atoms with Gasteiger partial charge in [0.1, 0.15) is 0 Å². The highest BCUT2D eigenvalue weighted by Gasteiger charge is 2.27. The summed E-state index contributed by atoms with van der Waals surface area (Å²) in [4.78, 5) is 0. The first kappa shape index (κ1) is 13.4. The molecule has 1 heterocycles. The average Bonchev–Trinajstić information content (AvgIpc) is 2.28. The number of rotatable bonds is 3. The molecule has 1 aliphatic carbocycles. The maximum atomic E-state index is 5.80. The molecule has 0 aromatic carbocycles. The van der Waals surface area contributed by atoms with Crippen molar-refractivity contribution in [2.45, 2.75) is 90.0 Å². The van der Waals surface area contributed by atoms with E-state index in [4.69, 9.17) is 4.74 Å². The lowest BCUT2D eigenvalue weighted by Crippen LogP contribution is -2.47. The van der Waals surface area contributed by atoms with E-state index in [0.29, 0.717) is 24.3 Å². The quantitative estimate of drug-likeness (QED) is 0.814. The summed E-state index contributed by atoms with van der Waals surface area (Å²) in [6.45, 7) is 6.80. The normalized spacial score (nSPS) is 37.9. The molecule has 0 bridgehead atoms. The second kappa shape index (κ2) is 6.19. The zero-order valence-electron chi connectivity index (χ0n) is 11.7. The molecule has 2 fully saturated rings. The molecular formula is C15H29NO. The van der Waals surface area contributed by atoms with E-state index < -0.39 is 0 Å². The number of hydrogen-bond acceptors (Lipinski definition) is 2. The van der Waals surface area contributed by atoms with Crippen LogP contribution in [0.25, 0.3) is 0 Å². The molecule has 1 saturated carbocycles. The summed E-state index contributed by atoms with van der Waals surface area (Å²) < 4.78 is 5.80. The van der Waals surface area contributed by atoms with Crippen molar-refractivity contribution in [3.05, 3.63) is 0 Å². The van der Waals surface area contributed by atoms with Gasteiger partial charge in [-0.25, -0.2) is 0 Å². The number of nitrogens with one attached hydrogen (secondary N) is 1. The summed E-state index contributed by atoms with van der Waals surface area (Å²) in [6, 6.07) is 1.36. The minimum absolute atomic E-state index is 0.426. The van der Waals surface area contributed by atoms with Crippen LogP contribution < -0.4 is 5.32 Å². The van der Waals surface area contributed by atoms with E-state index in [1.165, 1.54) is 44.9 Å². The summed E-state index contributed by atoms with van der Waals surface area (Å²) >= 11 is 0. The van der Waals surface area contributed by atoms with Crippen LogP contribution in [0.1, 0.15) is 65.7 Å². The van der Waals surface area contributed by atoms with Crippen molar-refractivity contribution in [1.82, 2.24) is 5.32 Å². The fourth-order valence-corrected chi connectivity index (χ4v) is 3.68. The van der Waals surface area contributed by atoms with Crippen LogP contribution in [0.4, 0.5) is 0 Å². The van der Waals surface area contributed by atoms with Crippen LogP contribution in [0.15, 0.2) is 0 Å². The minimum atomic E-state index is 0.426. The zero-order valence-corrected chi connectivity index (χ0v) is 11.7. The van der Waals surface area contributed by atoms with E-state index in [0.717, 1.165) is 5.92 Å². The van der Waals surface area contributed by atoms with Gasteiger partial charge in [-0.15, -0.1) is 0 Å². The molecule has 0 aromatic rings. The van der Waals surface area contributed by atoms with Crippen molar-refractivity contribution >= 4 is 0 Å². The van der Waals surface area contributed by atoms with Gasteiger partial charge in [0.15, 0.2) is 0 Å². The van der Waals surface area contributed by atoms with Gasteiger partial charge in [-0.2, -0.15) is 0 Å². The fourth-order valence-electron chi connectivity index (χ4n) is 3.68. The van der Waals surface area contributed by atoms with Gasteiger partial charge in [-0.05, 0) is 52.4 Å². The van der Waals surface area contributed by atoms with Gasteiger partial charge in [0, 0.05) is 12.1 Å². The van der Waals surface area contributed by atoms with Gasteiger partial charge in [0.25, 0.3) is 0 Å². The first-order chi connectivity index (χ1) is 8.15. The predicted molar refractivity (Wildman–Crippen MR) is 72.2 cm³/mol. The minimum Gasteiger partial charge on any atom is -0.375 e. The van der Waals surface area contributed by atoms with E-state index in [2.05, 4.69) is 26.1 Å². The van der Waals surface area contributed by atoms with E-state index >= 15 is 0 Å². The molecule has 0 spiro atoms. The van der Waals surface area contributed by atoms with Gasteiger partial charge in [-0.3, -0.25) is 0 Å². The predicted octanol–water partition coefficient (Wildman–Crippen LogP) is 3.50. The Labute approximate surface area is 107 Å². The maximum Gasteiger partial charge on any atom is 0.0565 e. The standard InChI is InChI=1S/C15H29NO/c1-11-9-15(10-12(2)17-11)16-13(3)14-7-5-4-6-8-14/h11-16H,4-10H2,1-3H3. The molecule has 2 nitrogen and oxygen atoms in total. The van der Waals surface area contributed by atoms with Gasteiger partial charge < -0.3 is 10.1 Å². The SMILES string of the molecule is CC1CC(NC(C)C2CCCCC2)CC(C)O1. The second-order valence-electron chi connectivity index (χ2n) is 6.28. The van der Waals surface area contributed by atoms with E-state index in [1.54, 1.807) is 0 Å². The smallest absolute Gasteiger partial charge is 0.0565 e. The van der Waals surface area contributed by atoms with Crippen molar-refractivity contribution in [3.63, 3.8) is 0 Å². The molecule has 2 rings (SSSR count). The molecular weight excluding hydrogens is 210 g/mol. The first-order valence-electron chi connectivity index (χ1n) is 7.56. The van der Waals surface area contributed by atoms with Crippen LogP contribution in [0.2, 0.25) is 0 Å². The maximum absolute atomic E-state index is 5.80. The summed E-state index contributed by atoms with van der Waals surface area (Å²) in [6.07, 6.45) is 10.4. The lowest BCUT2D eigenvalue weighted by atomic mass is 9.84. The van der Waals surface area contributed by atoms with Crippen LogP contribution in [0.5, 0.6) is 0 Å². The molecule has 3 atom stereocenters. The Morgan fingerprint density at radius 3 is 2.18 bits per heavy atom. The van der Waals surface area contributed by atoms with Crippen LogP contribution in [-0.2, 0) is 4.74 Å². The Kier molecular flexibility index (Phi) is 4.87. The highest BCUT2D eigenvalue weighted by molar-refractivity contribution is 4.84. The van der Waals surface area contributed by atoms with Crippen molar-refractivity contribution in [1.29, 1.82) is 0 Å². The molecule has 2 heteroatoms. The first-order valence-corrected chi connectivity index (χ1v) is 7.56. The zero-order chi connectivity index (χ0) is 12.3. The van der Waals surface area contributed by atoms with Crippen molar-refractivity contribution in [2.75, 3.05) is 0 Å². The van der Waals surface area contributed by atoms with E-state index in [9.17, 15) is 0 Å². The monoisotopic (exact) mass is 239 g/mol. The summed E-state index contributed by atoms with van der Waals surface area (Å²) in [7, 11) is 0. The number of hydrogen-bond donors (Lipinski definition) is 1. The molecule has 1 aliphatic heterocycles. The Morgan fingerprint density at radius 1 is 1.00 bits per heavy atom. The Hall–Kier alpha value is -0.0800. The summed E-state index contributed by atoms with van der Waals surface area (Å²) in [5, 5.41) is 3.87. The van der Waals surface area contributed by atoms with Crippen LogP contribution in [0, 0.1) is 5.92 Å². The van der Waals surface area contributed by atoms with Gasteiger partial charge in [-0.1, -0.05) is 19.3 Å². The Balaban J connectivity index is 1.78. The largest absolute Gasteiger partial charge is 0.375 e.